The van der Waals surface area contributed by atoms with Crippen LogP contribution in [0.2, 0.25) is 0 Å². The van der Waals surface area contributed by atoms with Crippen molar-refractivity contribution in [2.45, 2.75) is 51.7 Å². The van der Waals surface area contributed by atoms with Gasteiger partial charge < -0.3 is 20.5 Å². The zero-order valence-corrected chi connectivity index (χ0v) is 23.3. The molecule has 2 unspecified atom stereocenters. The minimum Gasteiger partial charge on any atom is -0.366 e. The van der Waals surface area contributed by atoms with Crippen molar-refractivity contribution in [1.82, 2.24) is 29.0 Å². The number of benzene rings is 1. The lowest BCUT2D eigenvalue weighted by Crippen LogP contribution is -2.51. The van der Waals surface area contributed by atoms with Crippen molar-refractivity contribution in [3.8, 4) is 11.1 Å². The number of nitrogens with one attached hydrogen (secondary N) is 1. The molecule has 2 bridgehead atoms. The van der Waals surface area contributed by atoms with Crippen LogP contribution >= 0.6 is 0 Å². The number of aromatic nitrogens is 5. The molecule has 2 fully saturated rings. The van der Waals surface area contributed by atoms with E-state index in [9.17, 15) is 14.4 Å². The molecule has 42 heavy (non-hydrogen) atoms. The molecular weight excluding hydrogens is 532 g/mol. The minimum absolute atomic E-state index is 0.0149. The first-order chi connectivity index (χ1) is 20.2. The molecular formula is C31H30N8O3. The van der Waals surface area contributed by atoms with Crippen molar-refractivity contribution < 1.29 is 14.4 Å². The van der Waals surface area contributed by atoms with E-state index in [0.29, 0.717) is 22.3 Å². The number of amides is 3. The second-order valence-corrected chi connectivity index (χ2v) is 11.3. The fourth-order valence-corrected chi connectivity index (χ4v) is 6.67. The first-order valence-electron chi connectivity index (χ1n) is 14.1. The Hall–Kier alpha value is -5.06. The molecule has 7 rings (SSSR count). The average molecular weight is 563 g/mol. The van der Waals surface area contributed by atoms with Crippen LogP contribution in [0.5, 0.6) is 0 Å². The molecule has 212 valence electrons. The number of anilines is 1. The highest BCUT2D eigenvalue weighted by Gasteiger charge is 2.51. The Bertz CT molecular complexity index is 1910. The van der Waals surface area contributed by atoms with E-state index in [0.717, 1.165) is 47.4 Å². The predicted molar refractivity (Wildman–Crippen MR) is 157 cm³/mol. The standard InChI is InChI=1S/C31H30N8O3/c1-17-4-3-5-26(34-17)35-31(42)29-20-6-8-22(11-20)39(29)28(40)16-37-15-24(30(32)41)23-12-19(7-9-25(23)37)21-13-33-27-10-18(2)36-38(27)14-21/h3-5,7,9-10,12-15,20,22,29H,6,8,11,16H2,1-2H3,(H2,32,41)(H,34,35,42)/t20?,22?,29-/m0/s1. The lowest BCUT2D eigenvalue weighted by molar-refractivity contribution is -0.141. The number of nitrogens with zero attached hydrogens (tertiary/aromatic N) is 6. The number of piperidine rings is 1. The minimum atomic E-state index is -0.581. The lowest BCUT2D eigenvalue weighted by atomic mass is 9.97. The molecule has 1 saturated heterocycles. The van der Waals surface area contributed by atoms with Crippen LogP contribution in [0.25, 0.3) is 27.7 Å². The maximum absolute atomic E-state index is 13.8. The Morgan fingerprint density at radius 1 is 1.02 bits per heavy atom. The summed E-state index contributed by atoms with van der Waals surface area (Å²) in [5.74, 6) is -0.376. The summed E-state index contributed by atoms with van der Waals surface area (Å²) >= 11 is 0. The number of fused-ring (bicyclic) bond motifs is 4. The third-order valence-electron chi connectivity index (χ3n) is 8.50. The molecule has 1 aliphatic carbocycles. The summed E-state index contributed by atoms with van der Waals surface area (Å²) < 4.78 is 3.47. The summed E-state index contributed by atoms with van der Waals surface area (Å²) in [6.07, 6.45) is 7.88. The van der Waals surface area contributed by atoms with Crippen LogP contribution in [0.4, 0.5) is 5.82 Å². The average Bonchev–Trinajstić information content (AvgIpc) is 3.74. The molecule has 2 aliphatic rings. The van der Waals surface area contributed by atoms with E-state index in [1.807, 2.05) is 56.4 Å². The van der Waals surface area contributed by atoms with Gasteiger partial charge in [0.25, 0.3) is 5.91 Å². The monoisotopic (exact) mass is 562 g/mol. The molecule has 1 aliphatic heterocycles. The summed E-state index contributed by atoms with van der Waals surface area (Å²) in [7, 11) is 0. The van der Waals surface area contributed by atoms with Crippen LogP contribution in [-0.2, 0) is 16.1 Å². The Morgan fingerprint density at radius 2 is 1.88 bits per heavy atom. The topological polar surface area (TPSA) is 141 Å². The van der Waals surface area contributed by atoms with Crippen molar-refractivity contribution in [2.75, 3.05) is 5.32 Å². The number of aryl methyl sites for hydroxylation is 2. The van der Waals surface area contributed by atoms with Crippen LogP contribution < -0.4 is 11.1 Å². The van der Waals surface area contributed by atoms with Gasteiger partial charge in [0.2, 0.25) is 11.8 Å². The quantitative estimate of drug-likeness (QED) is 0.325. The molecule has 11 heteroatoms. The van der Waals surface area contributed by atoms with E-state index in [-0.39, 0.29) is 30.3 Å². The zero-order valence-electron chi connectivity index (χ0n) is 23.3. The Kier molecular flexibility index (Phi) is 6.03. The van der Waals surface area contributed by atoms with Gasteiger partial charge in [-0.25, -0.2) is 14.5 Å². The van der Waals surface area contributed by atoms with Gasteiger partial charge in [-0.1, -0.05) is 12.1 Å². The molecule has 0 spiro atoms. The highest BCUT2D eigenvalue weighted by molar-refractivity contribution is 6.07. The van der Waals surface area contributed by atoms with Crippen molar-refractivity contribution in [1.29, 1.82) is 0 Å². The van der Waals surface area contributed by atoms with E-state index < -0.39 is 11.9 Å². The number of carbonyl (C=O) groups is 3. The second kappa shape index (κ2) is 9.79. The number of nitrogens with two attached hydrogens (primary N) is 1. The van der Waals surface area contributed by atoms with Crippen LogP contribution in [0, 0.1) is 19.8 Å². The Balaban J connectivity index is 1.18. The van der Waals surface area contributed by atoms with Gasteiger partial charge in [0.15, 0.2) is 5.65 Å². The van der Waals surface area contributed by atoms with Gasteiger partial charge in [0, 0.05) is 52.9 Å². The Labute approximate surface area is 241 Å². The van der Waals surface area contributed by atoms with E-state index in [1.165, 1.54) is 0 Å². The number of carbonyl (C=O) groups excluding carboxylic acids is 3. The number of hydrogen-bond donors (Lipinski definition) is 2. The van der Waals surface area contributed by atoms with E-state index in [4.69, 9.17) is 5.73 Å². The van der Waals surface area contributed by atoms with Gasteiger partial charge in [-0.3, -0.25) is 14.4 Å². The third kappa shape index (κ3) is 4.37. The normalized spacial score (nSPS) is 19.6. The molecule has 3 N–H and O–H groups in total. The molecule has 1 saturated carbocycles. The summed E-state index contributed by atoms with van der Waals surface area (Å²) in [5.41, 5.74) is 10.9. The Morgan fingerprint density at radius 3 is 2.69 bits per heavy atom. The summed E-state index contributed by atoms with van der Waals surface area (Å²) in [5, 5.41) is 8.01. The fraction of sp³-hybridized carbons (Fsp3) is 0.290. The largest absolute Gasteiger partial charge is 0.366 e. The zero-order chi connectivity index (χ0) is 29.1. The van der Waals surface area contributed by atoms with Gasteiger partial charge in [-0.2, -0.15) is 5.10 Å². The highest BCUT2D eigenvalue weighted by atomic mass is 16.2. The van der Waals surface area contributed by atoms with Crippen LogP contribution in [0.1, 0.15) is 41.0 Å². The first kappa shape index (κ1) is 25.9. The van der Waals surface area contributed by atoms with E-state index in [1.54, 1.807) is 32.4 Å². The van der Waals surface area contributed by atoms with Gasteiger partial charge in [0.05, 0.1) is 11.3 Å². The van der Waals surface area contributed by atoms with Crippen LogP contribution in [-0.4, -0.2) is 58.9 Å². The summed E-state index contributed by atoms with van der Waals surface area (Å²) in [6, 6.07) is 12.5. The number of hydrogen-bond acceptors (Lipinski definition) is 6. The highest BCUT2D eigenvalue weighted by Crippen LogP contribution is 2.43. The van der Waals surface area contributed by atoms with Crippen LogP contribution in [0.15, 0.2) is 61.1 Å². The number of likely N-dealkylation sites (tertiary alicyclic amines) is 1. The SMILES string of the molecule is Cc1cccc(NC(=O)[C@@H]2C3CCC(C3)N2C(=O)Cn2cc(C(N)=O)c3cc(-c4cnc5cc(C)nn5c4)ccc32)n1. The molecule has 3 amide bonds. The first-order valence-corrected chi connectivity index (χ1v) is 14.1. The van der Waals surface area contributed by atoms with Gasteiger partial charge in [-0.15, -0.1) is 0 Å². The predicted octanol–water partition coefficient (Wildman–Crippen LogP) is 3.48. The van der Waals surface area contributed by atoms with Gasteiger partial charge >= 0.3 is 0 Å². The maximum Gasteiger partial charge on any atom is 0.250 e. The molecule has 0 radical (unpaired) electrons. The van der Waals surface area contributed by atoms with E-state index >= 15 is 0 Å². The molecule has 5 heterocycles. The van der Waals surface area contributed by atoms with Crippen molar-refractivity contribution in [2.24, 2.45) is 11.7 Å². The lowest BCUT2D eigenvalue weighted by Gasteiger charge is -2.34. The molecule has 5 aromatic rings. The summed E-state index contributed by atoms with van der Waals surface area (Å²) in [6.45, 7) is 3.76. The maximum atomic E-state index is 13.8. The smallest absolute Gasteiger partial charge is 0.250 e. The summed E-state index contributed by atoms with van der Waals surface area (Å²) in [4.78, 5) is 50.4. The second-order valence-electron chi connectivity index (χ2n) is 11.3. The molecule has 3 atom stereocenters. The van der Waals surface area contributed by atoms with Crippen LogP contribution in [0.3, 0.4) is 0 Å². The molecule has 1 aromatic carbocycles. The number of pyridine rings is 1. The molecule has 4 aromatic heterocycles. The van der Waals surface area contributed by atoms with E-state index in [2.05, 4.69) is 20.4 Å². The van der Waals surface area contributed by atoms with Crippen molar-refractivity contribution in [3.05, 3.63) is 78.0 Å². The third-order valence-corrected chi connectivity index (χ3v) is 8.50. The molecule has 11 nitrogen and oxygen atoms in total. The fourth-order valence-electron chi connectivity index (χ4n) is 6.67. The van der Waals surface area contributed by atoms with Gasteiger partial charge in [0.1, 0.15) is 18.4 Å². The number of rotatable bonds is 6. The number of primary amides is 1. The van der Waals surface area contributed by atoms with Crippen molar-refractivity contribution in [3.63, 3.8) is 0 Å². The van der Waals surface area contributed by atoms with Crippen molar-refractivity contribution >= 4 is 40.1 Å². The van der Waals surface area contributed by atoms with Gasteiger partial charge in [-0.05, 0) is 68.9 Å².